The second-order valence-electron chi connectivity index (χ2n) is 3.87. The predicted octanol–water partition coefficient (Wildman–Crippen LogP) is 3.76. The highest BCUT2D eigenvalue weighted by Gasteiger charge is 2.12. The first-order chi connectivity index (χ1) is 8.68. The van der Waals surface area contributed by atoms with Crippen LogP contribution in [0.25, 0.3) is 0 Å². The molecule has 0 amide bonds. The van der Waals surface area contributed by atoms with Crippen LogP contribution in [-0.4, -0.2) is 5.75 Å². The van der Waals surface area contributed by atoms with E-state index in [1.54, 1.807) is 36.4 Å². The van der Waals surface area contributed by atoms with Gasteiger partial charge in [0.25, 0.3) is 0 Å². The van der Waals surface area contributed by atoms with Crippen molar-refractivity contribution in [1.29, 1.82) is 0 Å². The third-order valence-corrected chi connectivity index (χ3v) is 3.73. The molecule has 1 nitrogen and oxygen atoms in total. The highest BCUT2D eigenvalue weighted by Crippen LogP contribution is 2.26. The maximum atomic E-state index is 13.5. The standard InChI is InChI=1S/C14H13F2NS/c15-11-6-2-1-5-10(11)13(17)9-18-14-8-4-3-7-12(14)16/h1-8,13H,9,17H2. The molecule has 2 aromatic carbocycles. The van der Waals surface area contributed by atoms with E-state index in [4.69, 9.17) is 5.73 Å². The molecule has 0 spiro atoms. The zero-order chi connectivity index (χ0) is 13.0. The molecule has 0 heterocycles. The lowest BCUT2D eigenvalue weighted by atomic mass is 10.1. The van der Waals surface area contributed by atoms with Crippen molar-refractivity contribution in [2.75, 3.05) is 5.75 Å². The van der Waals surface area contributed by atoms with Crippen molar-refractivity contribution in [2.45, 2.75) is 10.9 Å². The minimum absolute atomic E-state index is 0.275. The molecule has 0 aromatic heterocycles. The van der Waals surface area contributed by atoms with E-state index >= 15 is 0 Å². The van der Waals surface area contributed by atoms with Crippen LogP contribution in [0.2, 0.25) is 0 Å². The van der Waals surface area contributed by atoms with Crippen molar-refractivity contribution in [3.8, 4) is 0 Å². The van der Waals surface area contributed by atoms with E-state index in [9.17, 15) is 8.78 Å². The lowest BCUT2D eigenvalue weighted by Gasteiger charge is -2.12. The van der Waals surface area contributed by atoms with Crippen molar-refractivity contribution in [1.82, 2.24) is 0 Å². The van der Waals surface area contributed by atoms with Crippen LogP contribution in [-0.2, 0) is 0 Å². The minimum Gasteiger partial charge on any atom is -0.323 e. The molecule has 0 aliphatic rings. The van der Waals surface area contributed by atoms with Crippen LogP contribution in [0.15, 0.2) is 53.4 Å². The largest absolute Gasteiger partial charge is 0.323 e. The molecule has 1 unspecified atom stereocenters. The van der Waals surface area contributed by atoms with Crippen LogP contribution < -0.4 is 5.73 Å². The summed E-state index contributed by atoms with van der Waals surface area (Å²) >= 11 is 1.29. The number of benzene rings is 2. The van der Waals surface area contributed by atoms with E-state index in [-0.39, 0.29) is 11.6 Å². The topological polar surface area (TPSA) is 26.0 Å². The number of rotatable bonds is 4. The molecule has 2 aromatic rings. The van der Waals surface area contributed by atoms with Crippen LogP contribution in [0.4, 0.5) is 8.78 Å². The molecule has 0 aliphatic carbocycles. The van der Waals surface area contributed by atoms with Gasteiger partial charge in [-0.2, -0.15) is 0 Å². The summed E-state index contributed by atoms with van der Waals surface area (Å²) in [5.41, 5.74) is 6.37. The lowest BCUT2D eigenvalue weighted by molar-refractivity contribution is 0.594. The zero-order valence-corrected chi connectivity index (χ0v) is 10.5. The van der Waals surface area contributed by atoms with E-state index in [0.717, 1.165) is 0 Å². The number of hydrogen-bond donors (Lipinski definition) is 1. The highest BCUT2D eigenvalue weighted by atomic mass is 32.2. The molecular formula is C14H13F2NS. The van der Waals surface area contributed by atoms with Crippen molar-refractivity contribution in [3.63, 3.8) is 0 Å². The first kappa shape index (κ1) is 13.1. The smallest absolute Gasteiger partial charge is 0.136 e. The second-order valence-corrected chi connectivity index (χ2v) is 4.93. The molecule has 94 valence electrons. The lowest BCUT2D eigenvalue weighted by Crippen LogP contribution is -2.14. The Morgan fingerprint density at radius 3 is 2.22 bits per heavy atom. The van der Waals surface area contributed by atoms with Gasteiger partial charge in [0.2, 0.25) is 0 Å². The Morgan fingerprint density at radius 2 is 1.56 bits per heavy atom. The molecular weight excluding hydrogens is 252 g/mol. The molecule has 0 aliphatic heterocycles. The average Bonchev–Trinajstić information content (AvgIpc) is 2.38. The van der Waals surface area contributed by atoms with Gasteiger partial charge in [-0.1, -0.05) is 30.3 Å². The van der Waals surface area contributed by atoms with E-state index < -0.39 is 6.04 Å². The van der Waals surface area contributed by atoms with Crippen molar-refractivity contribution in [2.24, 2.45) is 5.73 Å². The summed E-state index contributed by atoms with van der Waals surface area (Å²) < 4.78 is 26.9. The molecule has 4 heteroatoms. The normalized spacial score (nSPS) is 12.4. The summed E-state index contributed by atoms with van der Waals surface area (Å²) in [4.78, 5) is 0.532. The quantitative estimate of drug-likeness (QED) is 0.852. The molecule has 2 N–H and O–H groups in total. The van der Waals surface area contributed by atoms with Gasteiger partial charge in [-0.25, -0.2) is 8.78 Å². The van der Waals surface area contributed by atoms with E-state index in [2.05, 4.69) is 0 Å². The zero-order valence-electron chi connectivity index (χ0n) is 9.64. The highest BCUT2D eigenvalue weighted by molar-refractivity contribution is 7.99. The molecule has 0 fully saturated rings. The summed E-state index contributed by atoms with van der Waals surface area (Å²) in [5.74, 6) is -0.163. The molecule has 0 radical (unpaired) electrons. The molecule has 2 rings (SSSR count). The maximum absolute atomic E-state index is 13.5. The van der Waals surface area contributed by atoms with Crippen molar-refractivity contribution in [3.05, 3.63) is 65.7 Å². The van der Waals surface area contributed by atoms with E-state index in [1.165, 1.54) is 23.9 Å². The molecule has 0 bridgehead atoms. The summed E-state index contributed by atoms with van der Waals surface area (Å²) in [5, 5.41) is 0. The molecule has 0 saturated carbocycles. The summed E-state index contributed by atoms with van der Waals surface area (Å²) in [6.07, 6.45) is 0. The number of halogens is 2. The van der Waals surface area contributed by atoms with Gasteiger partial charge in [-0.05, 0) is 18.2 Å². The van der Waals surface area contributed by atoms with Crippen LogP contribution in [0.3, 0.4) is 0 Å². The minimum atomic E-state index is -0.448. The third kappa shape index (κ3) is 3.09. The van der Waals surface area contributed by atoms with Crippen molar-refractivity contribution < 1.29 is 8.78 Å². The van der Waals surface area contributed by atoms with Gasteiger partial charge in [0, 0.05) is 22.3 Å². The van der Waals surface area contributed by atoms with Gasteiger partial charge in [0.15, 0.2) is 0 Å². The van der Waals surface area contributed by atoms with Gasteiger partial charge >= 0.3 is 0 Å². The SMILES string of the molecule is NC(CSc1ccccc1F)c1ccccc1F. The van der Waals surface area contributed by atoms with Gasteiger partial charge in [0.05, 0.1) is 0 Å². The summed E-state index contributed by atoms with van der Waals surface area (Å²) in [6, 6.07) is 12.4. The van der Waals surface area contributed by atoms with Gasteiger partial charge < -0.3 is 5.73 Å². The third-order valence-electron chi connectivity index (χ3n) is 2.56. The Labute approximate surface area is 109 Å². The maximum Gasteiger partial charge on any atom is 0.136 e. The Kier molecular flexibility index (Phi) is 4.33. The number of thioether (sulfide) groups is 1. The van der Waals surface area contributed by atoms with Gasteiger partial charge in [-0.15, -0.1) is 11.8 Å². The fourth-order valence-electron chi connectivity index (χ4n) is 1.61. The van der Waals surface area contributed by atoms with Crippen LogP contribution in [0.1, 0.15) is 11.6 Å². The predicted molar refractivity (Wildman–Crippen MR) is 70.5 cm³/mol. The average molecular weight is 265 g/mol. The van der Waals surface area contributed by atoms with Gasteiger partial charge in [-0.3, -0.25) is 0 Å². The monoisotopic (exact) mass is 265 g/mol. The number of hydrogen-bond acceptors (Lipinski definition) is 2. The van der Waals surface area contributed by atoms with Gasteiger partial charge in [0.1, 0.15) is 11.6 Å². The first-order valence-corrected chi connectivity index (χ1v) is 6.54. The first-order valence-electron chi connectivity index (χ1n) is 5.56. The van der Waals surface area contributed by atoms with Crippen LogP contribution in [0.5, 0.6) is 0 Å². The van der Waals surface area contributed by atoms with Crippen LogP contribution in [0, 0.1) is 11.6 Å². The molecule has 1 atom stereocenters. The fraction of sp³-hybridized carbons (Fsp3) is 0.143. The molecule has 0 saturated heterocycles. The number of nitrogens with two attached hydrogens (primary N) is 1. The Balaban J connectivity index is 2.03. The Hall–Kier alpha value is -1.39. The fourth-order valence-corrected chi connectivity index (χ4v) is 2.53. The van der Waals surface area contributed by atoms with Crippen LogP contribution >= 0.6 is 11.8 Å². The van der Waals surface area contributed by atoms with Crippen molar-refractivity contribution >= 4 is 11.8 Å². The second kappa shape index (κ2) is 5.98. The summed E-state index contributed by atoms with van der Waals surface area (Å²) in [7, 11) is 0. The Morgan fingerprint density at radius 1 is 0.944 bits per heavy atom. The van der Waals surface area contributed by atoms with E-state index in [0.29, 0.717) is 16.2 Å². The van der Waals surface area contributed by atoms with E-state index in [1.807, 2.05) is 0 Å². The summed E-state index contributed by atoms with van der Waals surface area (Å²) in [6.45, 7) is 0. The Bertz CT molecular complexity index is 531. The molecule has 18 heavy (non-hydrogen) atoms.